The van der Waals surface area contributed by atoms with Crippen LogP contribution in [0.5, 0.6) is 0 Å². The fraction of sp³-hybridized carbons (Fsp3) is 0. The largest absolute Gasteiger partial charge is 0.475 e. The maximum atomic E-state index is 11.9. The number of carbonyl (C=O) groups excluding carboxylic acids is 1. The number of benzene rings is 1. The number of amides is 1. The number of hydrogen-bond donors (Lipinski definition) is 3. The first-order valence-corrected chi connectivity index (χ1v) is 5.19. The normalized spacial score (nSPS) is 10.0. The zero-order valence-corrected chi connectivity index (χ0v) is 9.73. The average molecular weight is 277 g/mol. The quantitative estimate of drug-likeness (QED) is 0.548. The van der Waals surface area contributed by atoms with Crippen molar-refractivity contribution < 1.29 is 19.6 Å². The number of nitro benzene ring substituents is 1. The fourth-order valence-electron chi connectivity index (χ4n) is 1.41. The first kappa shape index (κ1) is 13.1. The van der Waals surface area contributed by atoms with E-state index >= 15 is 0 Å². The van der Waals surface area contributed by atoms with Gasteiger partial charge in [0.2, 0.25) is 11.8 Å². The Kier molecular flexibility index (Phi) is 3.37. The maximum Gasteiger partial charge on any atom is 0.373 e. The van der Waals surface area contributed by atoms with E-state index in [2.05, 4.69) is 20.5 Å². The third kappa shape index (κ3) is 2.58. The molecule has 1 heterocycles. The molecule has 0 aliphatic rings. The van der Waals surface area contributed by atoms with Crippen molar-refractivity contribution in [3.05, 3.63) is 45.8 Å². The van der Waals surface area contributed by atoms with Crippen LogP contribution in [0.4, 0.5) is 11.6 Å². The molecule has 0 radical (unpaired) electrons. The van der Waals surface area contributed by atoms with E-state index in [4.69, 9.17) is 5.11 Å². The van der Waals surface area contributed by atoms with Gasteiger partial charge in [-0.15, -0.1) is 5.10 Å². The Morgan fingerprint density at radius 1 is 1.35 bits per heavy atom. The Morgan fingerprint density at radius 3 is 2.65 bits per heavy atom. The Hall–Kier alpha value is -3.30. The van der Waals surface area contributed by atoms with Gasteiger partial charge in [0.1, 0.15) is 5.56 Å². The van der Waals surface area contributed by atoms with Crippen LogP contribution in [0, 0.1) is 10.1 Å². The SMILES string of the molecule is O=C(O)c1nc(NC(=O)c2ccccc2[N+](=O)[O-])n[nH]1. The molecular weight excluding hydrogens is 270 g/mol. The van der Waals surface area contributed by atoms with Crippen molar-refractivity contribution in [1.82, 2.24) is 15.2 Å². The lowest BCUT2D eigenvalue weighted by Crippen LogP contribution is -2.15. The van der Waals surface area contributed by atoms with Crippen molar-refractivity contribution in [2.24, 2.45) is 0 Å². The molecule has 0 saturated heterocycles. The molecule has 1 amide bonds. The first-order chi connectivity index (χ1) is 9.49. The summed E-state index contributed by atoms with van der Waals surface area (Å²) in [5.74, 6) is -2.90. The Balaban J connectivity index is 2.24. The summed E-state index contributed by atoms with van der Waals surface area (Å²) >= 11 is 0. The van der Waals surface area contributed by atoms with Crippen LogP contribution in [0.15, 0.2) is 24.3 Å². The predicted octanol–water partition coefficient (Wildman–Crippen LogP) is 0.663. The molecule has 1 aromatic heterocycles. The number of aromatic carboxylic acids is 1. The molecule has 1 aromatic carbocycles. The van der Waals surface area contributed by atoms with E-state index in [0.29, 0.717) is 0 Å². The van der Waals surface area contributed by atoms with Crippen LogP contribution in [0.25, 0.3) is 0 Å². The number of aromatic nitrogens is 3. The first-order valence-electron chi connectivity index (χ1n) is 5.19. The second-order valence-electron chi connectivity index (χ2n) is 3.54. The average Bonchev–Trinajstić information content (AvgIpc) is 2.87. The fourth-order valence-corrected chi connectivity index (χ4v) is 1.41. The lowest BCUT2D eigenvalue weighted by Gasteiger charge is -2.01. The van der Waals surface area contributed by atoms with Crippen molar-refractivity contribution >= 4 is 23.5 Å². The molecule has 2 aromatic rings. The lowest BCUT2D eigenvalue weighted by molar-refractivity contribution is -0.385. The van der Waals surface area contributed by atoms with Gasteiger partial charge in [0.25, 0.3) is 11.6 Å². The Morgan fingerprint density at radius 2 is 2.05 bits per heavy atom. The highest BCUT2D eigenvalue weighted by molar-refractivity contribution is 6.06. The van der Waals surface area contributed by atoms with Crippen LogP contribution in [-0.4, -0.2) is 37.1 Å². The highest BCUT2D eigenvalue weighted by Crippen LogP contribution is 2.18. The summed E-state index contributed by atoms with van der Waals surface area (Å²) in [6, 6.07) is 5.32. The third-order valence-corrected chi connectivity index (χ3v) is 2.26. The molecule has 0 atom stereocenters. The number of aromatic amines is 1. The topological polar surface area (TPSA) is 151 Å². The van der Waals surface area contributed by atoms with Crippen molar-refractivity contribution in [2.75, 3.05) is 5.32 Å². The van der Waals surface area contributed by atoms with E-state index in [0.717, 1.165) is 0 Å². The molecule has 0 aliphatic heterocycles. The summed E-state index contributed by atoms with van der Waals surface area (Å²) in [5, 5.41) is 27.1. The van der Waals surface area contributed by atoms with Crippen LogP contribution in [0.3, 0.4) is 0 Å². The molecule has 20 heavy (non-hydrogen) atoms. The van der Waals surface area contributed by atoms with Gasteiger partial charge in [-0.05, 0) is 6.07 Å². The Labute approximate surface area is 110 Å². The van der Waals surface area contributed by atoms with E-state index in [-0.39, 0.29) is 17.2 Å². The number of H-pyrrole nitrogens is 1. The van der Waals surface area contributed by atoms with Crippen molar-refractivity contribution in [3.63, 3.8) is 0 Å². The molecule has 0 aliphatic carbocycles. The number of para-hydroxylation sites is 1. The standard InChI is InChI=1S/C10H7N5O5/c16-8(5-3-1-2-4-6(5)15(19)20)12-10-11-7(9(17)18)13-14-10/h1-4H,(H,17,18)(H2,11,12,13,14,16). The minimum atomic E-state index is -1.34. The van der Waals surface area contributed by atoms with Crippen LogP contribution in [0.1, 0.15) is 21.0 Å². The molecular formula is C10H7N5O5. The minimum Gasteiger partial charge on any atom is -0.475 e. The van der Waals surface area contributed by atoms with Gasteiger partial charge in [-0.2, -0.15) is 4.98 Å². The number of nitrogens with one attached hydrogen (secondary N) is 2. The molecule has 0 bridgehead atoms. The molecule has 0 spiro atoms. The van der Waals surface area contributed by atoms with Gasteiger partial charge < -0.3 is 5.11 Å². The second-order valence-corrected chi connectivity index (χ2v) is 3.54. The molecule has 0 fully saturated rings. The highest BCUT2D eigenvalue weighted by Gasteiger charge is 2.20. The van der Waals surface area contributed by atoms with Gasteiger partial charge in [0, 0.05) is 6.07 Å². The van der Waals surface area contributed by atoms with Crippen LogP contribution < -0.4 is 5.32 Å². The van der Waals surface area contributed by atoms with E-state index < -0.39 is 22.6 Å². The number of anilines is 1. The van der Waals surface area contributed by atoms with Gasteiger partial charge in [-0.25, -0.2) is 4.79 Å². The summed E-state index contributed by atoms with van der Waals surface area (Å²) in [6.07, 6.45) is 0. The minimum absolute atomic E-state index is 0.181. The maximum absolute atomic E-state index is 11.9. The monoisotopic (exact) mass is 277 g/mol. The van der Waals surface area contributed by atoms with E-state index in [1.807, 2.05) is 0 Å². The van der Waals surface area contributed by atoms with Gasteiger partial charge in [-0.1, -0.05) is 12.1 Å². The molecule has 10 heteroatoms. The smallest absolute Gasteiger partial charge is 0.373 e. The van der Waals surface area contributed by atoms with Crippen LogP contribution >= 0.6 is 0 Å². The zero-order chi connectivity index (χ0) is 14.7. The van der Waals surface area contributed by atoms with E-state index in [1.165, 1.54) is 24.3 Å². The number of carboxylic acids is 1. The molecule has 3 N–H and O–H groups in total. The van der Waals surface area contributed by atoms with E-state index in [9.17, 15) is 19.7 Å². The van der Waals surface area contributed by atoms with Crippen molar-refractivity contribution in [3.8, 4) is 0 Å². The molecule has 2 rings (SSSR count). The lowest BCUT2D eigenvalue weighted by atomic mass is 10.1. The Bertz CT molecular complexity index is 695. The predicted molar refractivity (Wildman–Crippen MR) is 64.4 cm³/mol. The third-order valence-electron chi connectivity index (χ3n) is 2.26. The molecule has 10 nitrogen and oxygen atoms in total. The highest BCUT2D eigenvalue weighted by atomic mass is 16.6. The van der Waals surface area contributed by atoms with Crippen LogP contribution in [-0.2, 0) is 0 Å². The number of rotatable bonds is 4. The van der Waals surface area contributed by atoms with Crippen molar-refractivity contribution in [1.29, 1.82) is 0 Å². The van der Waals surface area contributed by atoms with E-state index in [1.54, 1.807) is 0 Å². The van der Waals surface area contributed by atoms with Gasteiger partial charge in [0.15, 0.2) is 0 Å². The number of nitro groups is 1. The van der Waals surface area contributed by atoms with Gasteiger partial charge >= 0.3 is 5.97 Å². The summed E-state index contributed by atoms with van der Waals surface area (Å²) in [4.78, 5) is 36.0. The van der Waals surface area contributed by atoms with Gasteiger partial charge in [-0.3, -0.25) is 25.3 Å². The van der Waals surface area contributed by atoms with Crippen molar-refractivity contribution in [2.45, 2.75) is 0 Å². The van der Waals surface area contributed by atoms with Gasteiger partial charge in [0.05, 0.1) is 4.92 Å². The number of carbonyl (C=O) groups is 2. The summed E-state index contributed by atoms with van der Waals surface area (Å²) in [6.45, 7) is 0. The zero-order valence-electron chi connectivity index (χ0n) is 9.73. The summed E-state index contributed by atoms with van der Waals surface area (Å²) in [5.41, 5.74) is -0.557. The molecule has 0 saturated carbocycles. The second kappa shape index (κ2) is 5.14. The number of carboxylic acid groups (broad SMARTS) is 1. The summed E-state index contributed by atoms with van der Waals surface area (Å²) < 4.78 is 0. The molecule has 102 valence electrons. The van der Waals surface area contributed by atoms with Crippen LogP contribution in [0.2, 0.25) is 0 Å². The molecule has 0 unspecified atom stereocenters. The summed E-state index contributed by atoms with van der Waals surface area (Å²) in [7, 11) is 0. The number of nitrogens with zero attached hydrogens (tertiary/aromatic N) is 3. The number of hydrogen-bond acceptors (Lipinski definition) is 6.